The van der Waals surface area contributed by atoms with Gasteiger partial charge in [0.05, 0.1) is 0 Å². The number of thioether (sulfide) groups is 1. The highest BCUT2D eigenvalue weighted by atomic mass is 32.2. The van der Waals surface area contributed by atoms with Gasteiger partial charge in [-0.15, -0.1) is 0 Å². The minimum atomic E-state index is -2.51. The van der Waals surface area contributed by atoms with Crippen LogP contribution in [0.1, 0.15) is 20.7 Å². The summed E-state index contributed by atoms with van der Waals surface area (Å²) in [6.07, 6.45) is 0. The Labute approximate surface area is 129 Å². The van der Waals surface area contributed by atoms with Crippen molar-refractivity contribution in [2.24, 2.45) is 0 Å². The van der Waals surface area contributed by atoms with Crippen LogP contribution < -0.4 is 10.9 Å². The van der Waals surface area contributed by atoms with E-state index in [1.54, 1.807) is 30.3 Å². The fraction of sp³-hybridized carbons (Fsp3) is 0.0667. The lowest BCUT2D eigenvalue weighted by Crippen LogP contribution is -2.41. The van der Waals surface area contributed by atoms with Gasteiger partial charge in [-0.05, 0) is 36.4 Å². The van der Waals surface area contributed by atoms with Crippen molar-refractivity contribution >= 4 is 23.6 Å². The van der Waals surface area contributed by atoms with E-state index in [4.69, 9.17) is 0 Å². The zero-order valence-electron chi connectivity index (χ0n) is 11.3. The van der Waals surface area contributed by atoms with Crippen LogP contribution in [0.2, 0.25) is 0 Å². The molecule has 0 saturated heterocycles. The van der Waals surface area contributed by atoms with E-state index in [2.05, 4.69) is 10.9 Å². The first-order valence-corrected chi connectivity index (χ1v) is 7.15. The van der Waals surface area contributed by atoms with Crippen molar-refractivity contribution in [3.8, 4) is 0 Å². The molecule has 0 spiro atoms. The molecule has 2 aromatic carbocycles. The highest BCUT2D eigenvalue weighted by molar-refractivity contribution is 7.99. The highest BCUT2D eigenvalue weighted by Gasteiger charge is 2.10. The largest absolute Gasteiger partial charge is 0.288 e. The molecular weight excluding hydrogens is 310 g/mol. The number of benzene rings is 2. The van der Waals surface area contributed by atoms with Gasteiger partial charge in [0.2, 0.25) is 0 Å². The topological polar surface area (TPSA) is 58.2 Å². The first-order valence-electron chi connectivity index (χ1n) is 6.27. The van der Waals surface area contributed by atoms with Crippen LogP contribution in [0.4, 0.5) is 8.78 Å². The van der Waals surface area contributed by atoms with Gasteiger partial charge in [0.15, 0.2) is 0 Å². The quantitative estimate of drug-likeness (QED) is 0.672. The molecule has 114 valence electrons. The second-order valence-corrected chi connectivity index (χ2v) is 5.24. The first-order chi connectivity index (χ1) is 10.6. The van der Waals surface area contributed by atoms with Gasteiger partial charge in [0, 0.05) is 16.0 Å². The molecule has 0 aliphatic rings. The monoisotopic (exact) mass is 322 g/mol. The smallest absolute Gasteiger partial charge is 0.267 e. The molecule has 0 unspecified atom stereocenters. The van der Waals surface area contributed by atoms with Gasteiger partial charge in [-0.2, -0.15) is 8.78 Å². The number of nitrogens with one attached hydrogen (secondary N) is 2. The lowest BCUT2D eigenvalue weighted by Gasteiger charge is -2.08. The van der Waals surface area contributed by atoms with E-state index in [9.17, 15) is 18.4 Å². The zero-order chi connectivity index (χ0) is 15.9. The number of carbonyl (C=O) groups is 2. The van der Waals surface area contributed by atoms with E-state index in [0.717, 1.165) is 0 Å². The van der Waals surface area contributed by atoms with E-state index >= 15 is 0 Å². The summed E-state index contributed by atoms with van der Waals surface area (Å²) >= 11 is 0.400. The Hall–Kier alpha value is -2.41. The molecule has 2 rings (SSSR count). The SMILES string of the molecule is O=C(NNC(=O)c1ccc(SC(F)F)cc1)c1ccccc1. The lowest BCUT2D eigenvalue weighted by molar-refractivity contribution is 0.0846. The number of hydrogen-bond donors (Lipinski definition) is 2. The van der Waals surface area contributed by atoms with Gasteiger partial charge in [0.1, 0.15) is 0 Å². The zero-order valence-corrected chi connectivity index (χ0v) is 12.1. The average Bonchev–Trinajstić information content (AvgIpc) is 2.53. The molecule has 22 heavy (non-hydrogen) atoms. The molecule has 0 aliphatic carbocycles. The molecule has 7 heteroatoms. The highest BCUT2D eigenvalue weighted by Crippen LogP contribution is 2.24. The van der Waals surface area contributed by atoms with Crippen LogP contribution in [0.5, 0.6) is 0 Å². The van der Waals surface area contributed by atoms with Crippen molar-refractivity contribution in [3.05, 3.63) is 65.7 Å². The minimum absolute atomic E-state index is 0.256. The summed E-state index contributed by atoms with van der Waals surface area (Å²) in [5.41, 5.74) is 5.21. The van der Waals surface area contributed by atoms with Crippen LogP contribution in [0.25, 0.3) is 0 Å². The summed E-state index contributed by atoms with van der Waals surface area (Å²) in [6.45, 7) is 0. The van der Waals surface area contributed by atoms with E-state index < -0.39 is 17.6 Å². The summed E-state index contributed by atoms with van der Waals surface area (Å²) < 4.78 is 24.4. The molecule has 0 aromatic heterocycles. The van der Waals surface area contributed by atoms with Crippen molar-refractivity contribution in [1.82, 2.24) is 10.9 Å². The summed E-state index contributed by atoms with van der Waals surface area (Å²) in [5.74, 6) is -3.48. The Morgan fingerprint density at radius 1 is 0.818 bits per heavy atom. The summed E-state index contributed by atoms with van der Waals surface area (Å²) in [7, 11) is 0. The normalized spacial score (nSPS) is 10.3. The maximum Gasteiger partial charge on any atom is 0.288 e. The van der Waals surface area contributed by atoms with Crippen molar-refractivity contribution in [2.75, 3.05) is 0 Å². The molecule has 4 nitrogen and oxygen atoms in total. The summed E-state index contributed by atoms with van der Waals surface area (Å²) in [6, 6.07) is 14.1. The Bertz CT molecular complexity index is 648. The number of alkyl halides is 2. The third-order valence-electron chi connectivity index (χ3n) is 2.67. The van der Waals surface area contributed by atoms with Gasteiger partial charge in [-0.1, -0.05) is 30.0 Å². The molecule has 0 saturated carbocycles. The van der Waals surface area contributed by atoms with Crippen molar-refractivity contribution < 1.29 is 18.4 Å². The number of halogens is 2. The second-order valence-electron chi connectivity index (χ2n) is 4.18. The number of carbonyl (C=O) groups excluding carboxylic acids is 2. The number of amides is 2. The minimum Gasteiger partial charge on any atom is -0.267 e. The van der Waals surface area contributed by atoms with E-state index in [1.807, 2.05) is 0 Å². The van der Waals surface area contributed by atoms with Crippen molar-refractivity contribution in [3.63, 3.8) is 0 Å². The van der Waals surface area contributed by atoms with E-state index in [1.165, 1.54) is 24.3 Å². The Kier molecular flexibility index (Phi) is 5.48. The maximum absolute atomic E-state index is 12.2. The van der Waals surface area contributed by atoms with Crippen LogP contribution in [-0.2, 0) is 0 Å². The van der Waals surface area contributed by atoms with Crippen LogP contribution >= 0.6 is 11.8 Å². The van der Waals surface area contributed by atoms with Gasteiger partial charge in [-0.3, -0.25) is 20.4 Å². The lowest BCUT2D eigenvalue weighted by atomic mass is 10.2. The number of rotatable bonds is 4. The van der Waals surface area contributed by atoms with Crippen molar-refractivity contribution in [2.45, 2.75) is 10.7 Å². The summed E-state index contributed by atoms with van der Waals surface area (Å²) in [5, 5.41) is 0. The molecule has 2 N–H and O–H groups in total. The third kappa shape index (κ3) is 4.56. The molecule has 0 heterocycles. The molecule has 0 aliphatic heterocycles. The Balaban J connectivity index is 1.91. The summed E-state index contributed by atoms with van der Waals surface area (Å²) in [4.78, 5) is 23.9. The van der Waals surface area contributed by atoms with Crippen LogP contribution in [0.3, 0.4) is 0 Å². The molecule has 0 bridgehead atoms. The average molecular weight is 322 g/mol. The molecular formula is C15H12F2N2O2S. The van der Waals surface area contributed by atoms with Gasteiger partial charge < -0.3 is 0 Å². The fourth-order valence-corrected chi connectivity index (χ4v) is 2.13. The molecule has 2 amide bonds. The Morgan fingerprint density at radius 3 is 1.82 bits per heavy atom. The van der Waals surface area contributed by atoms with Crippen molar-refractivity contribution in [1.29, 1.82) is 0 Å². The predicted molar refractivity (Wildman–Crippen MR) is 79.7 cm³/mol. The number of hydrogen-bond acceptors (Lipinski definition) is 3. The Morgan fingerprint density at radius 2 is 1.32 bits per heavy atom. The number of hydrazine groups is 1. The fourth-order valence-electron chi connectivity index (χ4n) is 1.64. The van der Waals surface area contributed by atoms with Gasteiger partial charge >= 0.3 is 0 Å². The van der Waals surface area contributed by atoms with Gasteiger partial charge in [0.25, 0.3) is 17.6 Å². The predicted octanol–water partition coefficient (Wildman–Crippen LogP) is 3.08. The van der Waals surface area contributed by atoms with E-state index in [-0.39, 0.29) is 5.56 Å². The molecule has 0 radical (unpaired) electrons. The maximum atomic E-state index is 12.2. The van der Waals surface area contributed by atoms with Crippen LogP contribution in [-0.4, -0.2) is 17.6 Å². The standard InChI is InChI=1S/C15H12F2N2O2S/c16-15(17)22-12-8-6-11(7-9-12)14(21)19-18-13(20)10-4-2-1-3-5-10/h1-9,15H,(H,18,20)(H,19,21). The molecule has 0 atom stereocenters. The van der Waals surface area contributed by atoms with Gasteiger partial charge in [-0.25, -0.2) is 0 Å². The first kappa shape index (κ1) is 16.0. The second kappa shape index (κ2) is 7.56. The van der Waals surface area contributed by atoms with Crippen LogP contribution in [0, 0.1) is 0 Å². The third-order valence-corrected chi connectivity index (χ3v) is 3.39. The molecule has 2 aromatic rings. The molecule has 0 fully saturated rings. The van der Waals surface area contributed by atoms with Crippen LogP contribution in [0.15, 0.2) is 59.5 Å². The van der Waals surface area contributed by atoms with E-state index in [0.29, 0.717) is 22.2 Å².